The van der Waals surface area contributed by atoms with Crippen molar-refractivity contribution in [2.45, 2.75) is 64.7 Å². The molecule has 0 aromatic rings. The standard InChI is InChI=1S/C16H28O2/c1-4-11-15(2)12-9-7-5-6-8-10-13-16(3)18-14-17/h4,14-15H,1,3,5-13H2,2H3/t15-/m0/s1. The van der Waals surface area contributed by atoms with Gasteiger partial charge >= 0.3 is 0 Å². The fourth-order valence-electron chi connectivity index (χ4n) is 2.05. The first-order valence-electron chi connectivity index (χ1n) is 7.09. The summed E-state index contributed by atoms with van der Waals surface area (Å²) < 4.78 is 4.65. The predicted molar refractivity (Wildman–Crippen MR) is 77.2 cm³/mol. The average Bonchev–Trinajstić information content (AvgIpc) is 2.33. The summed E-state index contributed by atoms with van der Waals surface area (Å²) in [4.78, 5) is 10.0. The molecule has 0 aromatic carbocycles. The molecule has 0 aliphatic rings. The number of hydrogen-bond acceptors (Lipinski definition) is 2. The minimum Gasteiger partial charge on any atom is -0.434 e. The van der Waals surface area contributed by atoms with Crippen molar-refractivity contribution in [1.82, 2.24) is 0 Å². The lowest BCUT2D eigenvalue weighted by atomic mass is 9.99. The number of carbonyl (C=O) groups is 1. The van der Waals surface area contributed by atoms with Gasteiger partial charge < -0.3 is 4.74 Å². The first-order valence-corrected chi connectivity index (χ1v) is 7.09. The van der Waals surface area contributed by atoms with Crippen LogP contribution in [0.25, 0.3) is 0 Å². The van der Waals surface area contributed by atoms with Gasteiger partial charge in [-0.25, -0.2) is 0 Å². The predicted octanol–water partition coefficient (Wildman–Crippen LogP) is 5.01. The van der Waals surface area contributed by atoms with Gasteiger partial charge in [-0.05, 0) is 18.8 Å². The molecule has 0 unspecified atom stereocenters. The number of carbonyl (C=O) groups excluding carboxylic acids is 1. The summed E-state index contributed by atoms with van der Waals surface area (Å²) in [7, 11) is 0. The van der Waals surface area contributed by atoms with E-state index in [9.17, 15) is 4.79 Å². The number of unbranched alkanes of at least 4 members (excludes halogenated alkanes) is 5. The number of allylic oxidation sites excluding steroid dienone is 2. The number of ether oxygens (including phenoxy) is 1. The summed E-state index contributed by atoms with van der Waals surface area (Å²) in [5, 5.41) is 0. The van der Waals surface area contributed by atoms with Crippen molar-refractivity contribution >= 4 is 6.47 Å². The van der Waals surface area contributed by atoms with E-state index in [-0.39, 0.29) is 0 Å². The van der Waals surface area contributed by atoms with Crippen molar-refractivity contribution in [2.75, 3.05) is 0 Å². The summed E-state index contributed by atoms with van der Waals surface area (Å²) in [6.45, 7) is 10.2. The van der Waals surface area contributed by atoms with Crippen LogP contribution < -0.4 is 0 Å². The maximum atomic E-state index is 10.0. The molecule has 104 valence electrons. The van der Waals surface area contributed by atoms with Crippen LogP contribution in [0, 0.1) is 5.92 Å². The molecule has 0 spiro atoms. The van der Waals surface area contributed by atoms with Gasteiger partial charge in [0.2, 0.25) is 0 Å². The van der Waals surface area contributed by atoms with Gasteiger partial charge in [-0.3, -0.25) is 4.79 Å². The van der Waals surface area contributed by atoms with Gasteiger partial charge in [0.05, 0.1) is 0 Å². The summed E-state index contributed by atoms with van der Waals surface area (Å²) in [5.74, 6) is 1.37. The van der Waals surface area contributed by atoms with Crippen LogP contribution in [0.5, 0.6) is 0 Å². The van der Waals surface area contributed by atoms with Crippen molar-refractivity contribution in [3.63, 3.8) is 0 Å². The molecule has 0 N–H and O–H groups in total. The van der Waals surface area contributed by atoms with Crippen LogP contribution in [0.2, 0.25) is 0 Å². The van der Waals surface area contributed by atoms with Crippen LogP contribution in [0.15, 0.2) is 25.0 Å². The molecule has 18 heavy (non-hydrogen) atoms. The van der Waals surface area contributed by atoms with Gasteiger partial charge in [0.1, 0.15) is 5.76 Å². The molecule has 0 amide bonds. The summed E-state index contributed by atoms with van der Waals surface area (Å²) >= 11 is 0. The highest BCUT2D eigenvalue weighted by Gasteiger charge is 1.99. The van der Waals surface area contributed by atoms with Crippen LogP contribution >= 0.6 is 0 Å². The van der Waals surface area contributed by atoms with E-state index in [2.05, 4.69) is 24.8 Å². The summed E-state index contributed by atoms with van der Waals surface area (Å²) in [5.41, 5.74) is 0. The SMILES string of the molecule is C=CC[C@H](C)CCCCCCCCC(=C)OC=O. The highest BCUT2D eigenvalue weighted by Crippen LogP contribution is 2.15. The minimum atomic E-state index is 0.451. The zero-order valence-corrected chi connectivity index (χ0v) is 11.8. The van der Waals surface area contributed by atoms with Crippen molar-refractivity contribution < 1.29 is 9.53 Å². The van der Waals surface area contributed by atoms with Gasteiger partial charge in [-0.15, -0.1) is 6.58 Å². The smallest absolute Gasteiger partial charge is 0.298 e. The van der Waals surface area contributed by atoms with Gasteiger partial charge in [0.25, 0.3) is 6.47 Å². The lowest BCUT2D eigenvalue weighted by molar-refractivity contribution is -0.125. The van der Waals surface area contributed by atoms with Crippen molar-refractivity contribution in [3.05, 3.63) is 25.0 Å². The highest BCUT2D eigenvalue weighted by atomic mass is 16.5. The molecule has 1 atom stereocenters. The third-order valence-corrected chi connectivity index (χ3v) is 3.19. The Morgan fingerprint density at radius 2 is 1.78 bits per heavy atom. The Labute approximate surface area is 112 Å². The van der Waals surface area contributed by atoms with E-state index in [1.807, 2.05) is 6.08 Å². The molecular formula is C16H28O2. The zero-order chi connectivity index (χ0) is 13.6. The molecule has 0 fully saturated rings. The van der Waals surface area contributed by atoms with Crippen LogP contribution in [0.3, 0.4) is 0 Å². The second-order valence-corrected chi connectivity index (χ2v) is 5.04. The Hall–Kier alpha value is -1.05. The van der Waals surface area contributed by atoms with E-state index in [4.69, 9.17) is 0 Å². The fourth-order valence-corrected chi connectivity index (χ4v) is 2.05. The Morgan fingerprint density at radius 1 is 1.17 bits per heavy atom. The molecule has 0 heterocycles. The molecule has 0 aliphatic carbocycles. The molecule has 0 bridgehead atoms. The Kier molecular flexibility index (Phi) is 11.7. The Balaban J connectivity index is 3.18. The Bertz CT molecular complexity index is 233. The first kappa shape index (κ1) is 16.9. The van der Waals surface area contributed by atoms with Crippen LogP contribution in [-0.2, 0) is 9.53 Å². The third-order valence-electron chi connectivity index (χ3n) is 3.19. The van der Waals surface area contributed by atoms with Crippen molar-refractivity contribution in [3.8, 4) is 0 Å². The van der Waals surface area contributed by atoms with E-state index in [1.54, 1.807) is 0 Å². The molecule has 2 nitrogen and oxygen atoms in total. The largest absolute Gasteiger partial charge is 0.434 e. The first-order chi connectivity index (χ1) is 8.70. The molecular weight excluding hydrogens is 224 g/mol. The molecule has 0 rings (SSSR count). The van der Waals surface area contributed by atoms with E-state index >= 15 is 0 Å². The summed E-state index contributed by atoms with van der Waals surface area (Å²) in [6, 6.07) is 0. The monoisotopic (exact) mass is 252 g/mol. The molecule has 0 saturated carbocycles. The fraction of sp³-hybridized carbons (Fsp3) is 0.688. The maximum absolute atomic E-state index is 10.0. The van der Waals surface area contributed by atoms with Gasteiger partial charge in [0, 0.05) is 6.42 Å². The summed E-state index contributed by atoms with van der Waals surface area (Å²) in [6.07, 6.45) is 12.8. The Morgan fingerprint density at radius 3 is 2.39 bits per heavy atom. The van der Waals surface area contributed by atoms with Gasteiger partial charge in [-0.2, -0.15) is 0 Å². The lowest BCUT2D eigenvalue weighted by Crippen LogP contribution is -1.92. The van der Waals surface area contributed by atoms with Crippen LogP contribution in [0.4, 0.5) is 0 Å². The van der Waals surface area contributed by atoms with E-state index < -0.39 is 0 Å². The molecule has 0 saturated heterocycles. The van der Waals surface area contributed by atoms with E-state index in [0.29, 0.717) is 12.2 Å². The van der Waals surface area contributed by atoms with Crippen LogP contribution in [0.1, 0.15) is 64.7 Å². The molecule has 2 heteroatoms. The number of hydrogen-bond donors (Lipinski definition) is 0. The molecule has 0 aliphatic heterocycles. The van der Waals surface area contributed by atoms with Crippen molar-refractivity contribution in [2.24, 2.45) is 5.92 Å². The van der Waals surface area contributed by atoms with Gasteiger partial charge in [0.15, 0.2) is 0 Å². The molecule has 0 aromatic heterocycles. The second-order valence-electron chi connectivity index (χ2n) is 5.04. The zero-order valence-electron chi connectivity index (χ0n) is 11.8. The second kappa shape index (κ2) is 12.4. The third kappa shape index (κ3) is 11.4. The quantitative estimate of drug-likeness (QED) is 0.199. The topological polar surface area (TPSA) is 26.3 Å². The minimum absolute atomic E-state index is 0.451. The maximum Gasteiger partial charge on any atom is 0.298 e. The average molecular weight is 252 g/mol. The van der Waals surface area contributed by atoms with E-state index in [1.165, 1.54) is 38.5 Å². The number of rotatable bonds is 13. The van der Waals surface area contributed by atoms with Crippen molar-refractivity contribution in [1.29, 1.82) is 0 Å². The normalized spacial score (nSPS) is 11.8. The van der Waals surface area contributed by atoms with Crippen LogP contribution in [-0.4, -0.2) is 6.47 Å². The highest BCUT2D eigenvalue weighted by molar-refractivity contribution is 5.39. The lowest BCUT2D eigenvalue weighted by Gasteiger charge is -2.08. The van der Waals surface area contributed by atoms with Gasteiger partial charge in [-0.1, -0.05) is 58.1 Å². The molecule has 0 radical (unpaired) electrons. The van der Waals surface area contributed by atoms with E-state index in [0.717, 1.165) is 25.2 Å².